The van der Waals surface area contributed by atoms with Crippen LogP contribution in [-0.4, -0.2) is 45.6 Å². The predicted octanol–water partition coefficient (Wildman–Crippen LogP) is 4.40. The van der Waals surface area contributed by atoms with Crippen molar-refractivity contribution in [1.29, 1.82) is 0 Å². The molecule has 1 heterocycles. The van der Waals surface area contributed by atoms with E-state index in [1.54, 1.807) is 41.3 Å². The molecule has 0 spiro atoms. The Labute approximate surface area is 190 Å². The van der Waals surface area contributed by atoms with Gasteiger partial charge in [-0.3, -0.25) is 14.9 Å². The van der Waals surface area contributed by atoms with Gasteiger partial charge in [0.25, 0.3) is 11.6 Å². The van der Waals surface area contributed by atoms with E-state index >= 15 is 0 Å². The SMILES string of the molecule is CC(C)CN(CCc1nc(-c2cccc([N+](=O)[O-])c2)no1)C(=O)COc1ccc(Cl)cc1. The zero-order valence-electron chi connectivity index (χ0n) is 17.7. The molecule has 0 radical (unpaired) electrons. The van der Waals surface area contributed by atoms with Gasteiger partial charge in [0, 0.05) is 42.2 Å². The monoisotopic (exact) mass is 458 g/mol. The van der Waals surface area contributed by atoms with E-state index in [0.717, 1.165) is 0 Å². The molecule has 0 atom stereocenters. The number of nitrogens with zero attached hydrogens (tertiary/aromatic N) is 4. The van der Waals surface area contributed by atoms with Gasteiger partial charge < -0.3 is 14.2 Å². The van der Waals surface area contributed by atoms with Crippen molar-refractivity contribution in [2.45, 2.75) is 20.3 Å². The number of non-ortho nitro benzene ring substituents is 1. The van der Waals surface area contributed by atoms with Crippen LogP contribution >= 0.6 is 11.6 Å². The summed E-state index contributed by atoms with van der Waals surface area (Å²) in [6.45, 7) is 4.87. The van der Waals surface area contributed by atoms with Gasteiger partial charge in [-0.05, 0) is 30.2 Å². The Morgan fingerprint density at radius 3 is 2.69 bits per heavy atom. The van der Waals surface area contributed by atoms with Crippen molar-refractivity contribution in [2.75, 3.05) is 19.7 Å². The number of nitro benzene ring substituents is 1. The molecule has 0 saturated carbocycles. The first kappa shape index (κ1) is 23.2. The van der Waals surface area contributed by atoms with Crippen LogP contribution in [0.3, 0.4) is 0 Å². The normalized spacial score (nSPS) is 10.9. The van der Waals surface area contributed by atoms with Crippen LogP contribution in [0.2, 0.25) is 5.02 Å². The molecule has 3 aromatic rings. The van der Waals surface area contributed by atoms with Crippen LogP contribution in [-0.2, 0) is 11.2 Å². The van der Waals surface area contributed by atoms with E-state index in [4.69, 9.17) is 20.9 Å². The van der Waals surface area contributed by atoms with Crippen molar-refractivity contribution in [2.24, 2.45) is 5.92 Å². The van der Waals surface area contributed by atoms with Gasteiger partial charge in [-0.2, -0.15) is 4.98 Å². The Morgan fingerprint density at radius 1 is 1.25 bits per heavy atom. The number of halogens is 1. The molecule has 0 N–H and O–H groups in total. The molecule has 168 valence electrons. The third-order valence-corrected chi connectivity index (χ3v) is 4.75. The van der Waals surface area contributed by atoms with Crippen molar-refractivity contribution in [3.63, 3.8) is 0 Å². The van der Waals surface area contributed by atoms with Crippen molar-refractivity contribution >= 4 is 23.2 Å². The lowest BCUT2D eigenvalue weighted by Gasteiger charge is -2.24. The molecule has 9 nitrogen and oxygen atoms in total. The standard InChI is InChI=1S/C22H23ClN4O5/c1-15(2)13-26(21(28)14-31-19-8-6-17(23)7-9-19)11-10-20-24-22(25-32-20)16-4-3-5-18(12-16)27(29)30/h3-9,12,15H,10-11,13-14H2,1-2H3. The molecule has 0 fully saturated rings. The number of hydrogen-bond donors (Lipinski definition) is 0. The molecule has 1 aromatic heterocycles. The third-order valence-electron chi connectivity index (χ3n) is 4.49. The first-order chi connectivity index (χ1) is 15.3. The molecule has 0 aliphatic rings. The third kappa shape index (κ3) is 6.52. The molecule has 32 heavy (non-hydrogen) atoms. The van der Waals surface area contributed by atoms with Crippen molar-refractivity contribution in [3.8, 4) is 17.1 Å². The largest absolute Gasteiger partial charge is 0.484 e. The summed E-state index contributed by atoms with van der Waals surface area (Å²) in [4.78, 5) is 29.2. The number of carbonyl (C=O) groups is 1. The van der Waals surface area contributed by atoms with Gasteiger partial charge in [0.05, 0.1) is 4.92 Å². The van der Waals surface area contributed by atoms with Crippen molar-refractivity contribution in [3.05, 3.63) is 69.6 Å². The summed E-state index contributed by atoms with van der Waals surface area (Å²) >= 11 is 5.86. The minimum atomic E-state index is -0.480. The lowest BCUT2D eigenvalue weighted by Crippen LogP contribution is -2.39. The molecule has 0 saturated heterocycles. The fourth-order valence-electron chi connectivity index (χ4n) is 2.99. The zero-order chi connectivity index (χ0) is 23.1. The highest BCUT2D eigenvalue weighted by atomic mass is 35.5. The molecule has 0 bridgehead atoms. The van der Waals surface area contributed by atoms with Crippen LogP contribution in [0.4, 0.5) is 5.69 Å². The summed E-state index contributed by atoms with van der Waals surface area (Å²) in [6.07, 6.45) is 0.349. The molecule has 1 amide bonds. The Bertz CT molecular complexity index is 1070. The van der Waals surface area contributed by atoms with Crippen LogP contribution in [0, 0.1) is 16.0 Å². The van der Waals surface area contributed by atoms with E-state index in [9.17, 15) is 14.9 Å². The lowest BCUT2D eigenvalue weighted by atomic mass is 10.2. The maximum atomic E-state index is 12.7. The number of ether oxygens (including phenoxy) is 1. The average molecular weight is 459 g/mol. The minimum absolute atomic E-state index is 0.0526. The molecule has 3 rings (SSSR count). The average Bonchev–Trinajstić information content (AvgIpc) is 3.25. The highest BCUT2D eigenvalue weighted by Crippen LogP contribution is 2.21. The van der Waals surface area contributed by atoms with E-state index in [1.165, 1.54) is 12.1 Å². The summed E-state index contributed by atoms with van der Waals surface area (Å²) in [5.74, 6) is 1.26. The summed E-state index contributed by atoms with van der Waals surface area (Å²) in [5, 5.41) is 15.5. The van der Waals surface area contributed by atoms with Crippen LogP contribution < -0.4 is 4.74 Å². The fourth-order valence-corrected chi connectivity index (χ4v) is 3.11. The molecular formula is C22H23ClN4O5. The van der Waals surface area contributed by atoms with Crippen LogP contribution in [0.15, 0.2) is 53.1 Å². The number of rotatable bonds is 10. The Morgan fingerprint density at radius 2 is 2.00 bits per heavy atom. The summed E-state index contributed by atoms with van der Waals surface area (Å²) in [5.41, 5.74) is 0.434. The smallest absolute Gasteiger partial charge is 0.270 e. The highest BCUT2D eigenvalue weighted by molar-refractivity contribution is 6.30. The quantitative estimate of drug-likeness (QED) is 0.327. The van der Waals surface area contributed by atoms with Gasteiger partial charge >= 0.3 is 0 Å². The second-order valence-corrected chi connectivity index (χ2v) is 7.98. The van der Waals surface area contributed by atoms with E-state index < -0.39 is 4.92 Å². The van der Waals surface area contributed by atoms with E-state index in [-0.39, 0.29) is 29.9 Å². The van der Waals surface area contributed by atoms with Crippen LogP contribution in [0.5, 0.6) is 5.75 Å². The second-order valence-electron chi connectivity index (χ2n) is 7.55. The van der Waals surface area contributed by atoms with Gasteiger partial charge in [-0.15, -0.1) is 0 Å². The molecule has 0 unspecified atom stereocenters. The fraction of sp³-hybridized carbons (Fsp3) is 0.318. The van der Waals surface area contributed by atoms with Crippen LogP contribution in [0.25, 0.3) is 11.4 Å². The van der Waals surface area contributed by atoms with Gasteiger partial charge in [-0.25, -0.2) is 0 Å². The highest BCUT2D eigenvalue weighted by Gasteiger charge is 2.18. The second kappa shape index (κ2) is 10.7. The number of nitro groups is 1. The molecule has 10 heteroatoms. The Hall–Kier alpha value is -3.46. The number of aromatic nitrogens is 2. The number of hydrogen-bond acceptors (Lipinski definition) is 7. The maximum absolute atomic E-state index is 12.7. The first-order valence-electron chi connectivity index (χ1n) is 10.1. The topological polar surface area (TPSA) is 112 Å². The molecular weight excluding hydrogens is 436 g/mol. The Balaban J connectivity index is 1.61. The maximum Gasteiger partial charge on any atom is 0.270 e. The van der Waals surface area contributed by atoms with Gasteiger partial charge in [-0.1, -0.05) is 42.7 Å². The summed E-state index contributed by atoms with van der Waals surface area (Å²) in [6, 6.07) is 12.8. The van der Waals surface area contributed by atoms with E-state index in [1.807, 2.05) is 13.8 Å². The van der Waals surface area contributed by atoms with E-state index in [0.29, 0.717) is 41.7 Å². The van der Waals surface area contributed by atoms with Gasteiger partial charge in [0.1, 0.15) is 5.75 Å². The van der Waals surface area contributed by atoms with Crippen LogP contribution in [0.1, 0.15) is 19.7 Å². The predicted molar refractivity (Wildman–Crippen MR) is 118 cm³/mol. The first-order valence-corrected chi connectivity index (χ1v) is 10.4. The zero-order valence-corrected chi connectivity index (χ0v) is 18.5. The number of amides is 1. The number of carbonyl (C=O) groups excluding carboxylic acids is 1. The Kier molecular flexibility index (Phi) is 7.77. The molecule has 2 aromatic carbocycles. The lowest BCUT2D eigenvalue weighted by molar-refractivity contribution is -0.384. The summed E-state index contributed by atoms with van der Waals surface area (Å²) < 4.78 is 10.9. The molecule has 0 aliphatic heterocycles. The van der Waals surface area contributed by atoms with E-state index in [2.05, 4.69) is 10.1 Å². The van der Waals surface area contributed by atoms with Gasteiger partial charge in [0.2, 0.25) is 11.7 Å². The van der Waals surface area contributed by atoms with Crippen molar-refractivity contribution in [1.82, 2.24) is 15.0 Å². The van der Waals surface area contributed by atoms with Gasteiger partial charge in [0.15, 0.2) is 6.61 Å². The summed E-state index contributed by atoms with van der Waals surface area (Å²) in [7, 11) is 0. The minimum Gasteiger partial charge on any atom is -0.484 e. The van der Waals surface area contributed by atoms with Crippen molar-refractivity contribution < 1.29 is 19.0 Å². The number of benzene rings is 2. The molecule has 0 aliphatic carbocycles.